The van der Waals surface area contributed by atoms with Gasteiger partial charge in [0.05, 0.1) is 23.4 Å². The SMILES string of the molecule is CC1(C)Oc2cc3[nH]cnc3cc2C(N2CCCCC2)C1O.Cl.Cl.O. The zero-order valence-electron chi connectivity index (χ0n) is 14.5. The van der Waals surface area contributed by atoms with Gasteiger partial charge in [-0.25, -0.2) is 4.98 Å². The largest absolute Gasteiger partial charge is 0.485 e. The molecule has 2 atom stereocenters. The lowest BCUT2D eigenvalue weighted by Crippen LogP contribution is -2.54. The van der Waals surface area contributed by atoms with Crippen LogP contribution in [0.15, 0.2) is 18.5 Å². The van der Waals surface area contributed by atoms with Gasteiger partial charge in [0.2, 0.25) is 0 Å². The second-order valence-electron chi connectivity index (χ2n) is 7.00. The summed E-state index contributed by atoms with van der Waals surface area (Å²) in [4.78, 5) is 9.90. The van der Waals surface area contributed by atoms with Crippen LogP contribution in [0.1, 0.15) is 44.7 Å². The maximum Gasteiger partial charge on any atom is 0.131 e. The highest BCUT2D eigenvalue weighted by Gasteiger charge is 2.45. The van der Waals surface area contributed by atoms with Gasteiger partial charge in [0, 0.05) is 11.6 Å². The van der Waals surface area contributed by atoms with Crippen LogP contribution >= 0.6 is 24.8 Å². The molecule has 0 amide bonds. The lowest BCUT2D eigenvalue weighted by Gasteiger charge is -2.47. The fourth-order valence-corrected chi connectivity index (χ4v) is 3.78. The van der Waals surface area contributed by atoms with Gasteiger partial charge >= 0.3 is 0 Å². The summed E-state index contributed by atoms with van der Waals surface area (Å²) in [7, 11) is 0. The Morgan fingerprint density at radius 1 is 1.20 bits per heavy atom. The predicted molar refractivity (Wildman–Crippen MR) is 103 cm³/mol. The molecular formula is C17H27Cl2N3O3. The van der Waals surface area contributed by atoms with Crippen LogP contribution in [0.2, 0.25) is 0 Å². The molecule has 6 nitrogen and oxygen atoms in total. The number of aromatic nitrogens is 2. The van der Waals surface area contributed by atoms with E-state index in [1.165, 1.54) is 19.3 Å². The maximum atomic E-state index is 10.9. The number of nitrogens with one attached hydrogen (secondary N) is 1. The number of aliphatic hydroxyl groups is 1. The summed E-state index contributed by atoms with van der Waals surface area (Å²) in [6, 6.07) is 4.07. The average molecular weight is 392 g/mol. The third-order valence-electron chi connectivity index (χ3n) is 5.04. The van der Waals surface area contributed by atoms with Gasteiger partial charge in [-0.15, -0.1) is 24.8 Å². The highest BCUT2D eigenvalue weighted by molar-refractivity contribution is 5.85. The fraction of sp³-hybridized carbons (Fsp3) is 0.588. The first kappa shape index (κ1) is 22.0. The highest BCUT2D eigenvalue weighted by Crippen LogP contribution is 2.44. The van der Waals surface area contributed by atoms with Crippen LogP contribution in [0.4, 0.5) is 0 Å². The van der Waals surface area contributed by atoms with Crippen molar-refractivity contribution >= 4 is 35.8 Å². The van der Waals surface area contributed by atoms with Crippen LogP contribution in [0.25, 0.3) is 11.0 Å². The Balaban J connectivity index is 0.00000104. The van der Waals surface area contributed by atoms with Gasteiger partial charge in [0.1, 0.15) is 17.5 Å². The molecule has 0 spiro atoms. The monoisotopic (exact) mass is 391 g/mol. The summed E-state index contributed by atoms with van der Waals surface area (Å²) in [6.07, 6.45) is 4.84. The van der Waals surface area contributed by atoms with Crippen molar-refractivity contribution in [1.29, 1.82) is 0 Å². The van der Waals surface area contributed by atoms with Crippen LogP contribution in [0, 0.1) is 0 Å². The Hall–Kier alpha value is -1.05. The molecule has 4 rings (SSSR count). The van der Waals surface area contributed by atoms with E-state index in [-0.39, 0.29) is 36.3 Å². The molecule has 1 saturated heterocycles. The van der Waals surface area contributed by atoms with Gasteiger partial charge in [0.25, 0.3) is 0 Å². The zero-order valence-corrected chi connectivity index (χ0v) is 16.1. The number of hydrogen-bond donors (Lipinski definition) is 2. The highest BCUT2D eigenvalue weighted by atomic mass is 35.5. The number of ether oxygens (including phenoxy) is 1. The molecule has 0 radical (unpaired) electrons. The normalized spacial score (nSPS) is 24.9. The van der Waals surface area contributed by atoms with E-state index in [0.29, 0.717) is 0 Å². The average Bonchev–Trinajstić information content (AvgIpc) is 2.94. The van der Waals surface area contributed by atoms with E-state index < -0.39 is 11.7 Å². The van der Waals surface area contributed by atoms with E-state index in [9.17, 15) is 5.11 Å². The Morgan fingerprint density at radius 2 is 1.88 bits per heavy atom. The van der Waals surface area contributed by atoms with Crippen molar-refractivity contribution in [2.75, 3.05) is 13.1 Å². The summed E-state index contributed by atoms with van der Waals surface area (Å²) in [5.74, 6) is 0.864. The number of halogens is 2. The zero-order chi connectivity index (χ0) is 15.3. The smallest absolute Gasteiger partial charge is 0.131 e. The van der Waals surface area contributed by atoms with Gasteiger partial charge in [-0.3, -0.25) is 4.90 Å². The van der Waals surface area contributed by atoms with Crippen LogP contribution in [-0.4, -0.2) is 50.2 Å². The molecule has 8 heteroatoms. The number of aliphatic hydroxyl groups excluding tert-OH is 1. The van der Waals surface area contributed by atoms with Crippen LogP contribution in [-0.2, 0) is 0 Å². The first-order valence-corrected chi connectivity index (χ1v) is 8.14. The molecule has 2 aliphatic heterocycles. The van der Waals surface area contributed by atoms with E-state index in [0.717, 1.165) is 35.4 Å². The second-order valence-corrected chi connectivity index (χ2v) is 7.00. The molecule has 1 aromatic heterocycles. The van der Waals surface area contributed by atoms with Crippen molar-refractivity contribution in [3.8, 4) is 5.75 Å². The third kappa shape index (κ3) is 3.73. The van der Waals surface area contributed by atoms with Gasteiger partial charge < -0.3 is 20.3 Å². The van der Waals surface area contributed by atoms with Crippen molar-refractivity contribution in [3.05, 3.63) is 24.0 Å². The minimum Gasteiger partial charge on any atom is -0.485 e. The van der Waals surface area contributed by atoms with Crippen molar-refractivity contribution < 1.29 is 15.3 Å². The van der Waals surface area contributed by atoms with Gasteiger partial charge in [0.15, 0.2) is 0 Å². The van der Waals surface area contributed by atoms with Gasteiger partial charge in [-0.1, -0.05) is 6.42 Å². The molecule has 1 fully saturated rings. The Kier molecular flexibility index (Phi) is 7.12. The predicted octanol–water partition coefficient (Wildman–Crippen LogP) is 2.64. The van der Waals surface area contributed by atoms with Crippen molar-refractivity contribution in [3.63, 3.8) is 0 Å². The summed E-state index contributed by atoms with van der Waals surface area (Å²) in [5, 5.41) is 10.9. The molecule has 0 saturated carbocycles. The Morgan fingerprint density at radius 3 is 2.56 bits per heavy atom. The summed E-state index contributed by atoms with van der Waals surface area (Å²) in [6.45, 7) is 6.01. The third-order valence-corrected chi connectivity index (χ3v) is 5.04. The number of imidazole rings is 1. The summed E-state index contributed by atoms with van der Waals surface area (Å²) >= 11 is 0. The van der Waals surface area contributed by atoms with Crippen molar-refractivity contribution in [2.45, 2.75) is 50.9 Å². The molecule has 2 aliphatic rings. The molecule has 3 heterocycles. The lowest BCUT2D eigenvalue weighted by molar-refractivity contribution is -0.0960. The van der Waals surface area contributed by atoms with Crippen molar-refractivity contribution in [1.82, 2.24) is 14.9 Å². The Labute approximate surface area is 160 Å². The van der Waals surface area contributed by atoms with Crippen LogP contribution < -0.4 is 4.74 Å². The molecule has 4 N–H and O–H groups in total. The summed E-state index contributed by atoms with van der Waals surface area (Å²) in [5.41, 5.74) is 2.37. The molecule has 0 aliphatic carbocycles. The molecule has 142 valence electrons. The fourth-order valence-electron chi connectivity index (χ4n) is 3.78. The maximum absolute atomic E-state index is 10.9. The number of nitrogens with zero attached hydrogens (tertiary/aromatic N) is 2. The number of aromatic amines is 1. The number of H-pyrrole nitrogens is 1. The summed E-state index contributed by atoms with van der Waals surface area (Å²) < 4.78 is 6.11. The number of fused-ring (bicyclic) bond motifs is 2. The van der Waals surface area contributed by atoms with Crippen LogP contribution in [0.3, 0.4) is 0 Å². The lowest BCUT2D eigenvalue weighted by atomic mass is 9.84. The minimum atomic E-state index is -0.594. The molecule has 2 unspecified atom stereocenters. The van der Waals surface area contributed by atoms with Gasteiger partial charge in [-0.2, -0.15) is 0 Å². The standard InChI is InChI=1S/C17H23N3O2.2ClH.H2O/c1-17(2)16(21)15(20-6-4-3-5-7-20)11-8-12-13(19-10-18-12)9-14(11)22-17;;;/h8-10,15-16,21H,3-7H2,1-2H3,(H,18,19);2*1H;1H2. The van der Waals surface area contributed by atoms with E-state index in [1.807, 2.05) is 19.9 Å². The van der Waals surface area contributed by atoms with Gasteiger partial charge in [-0.05, 0) is 45.8 Å². The quantitative estimate of drug-likeness (QED) is 0.780. The molecule has 2 aromatic rings. The number of rotatable bonds is 1. The van der Waals surface area contributed by atoms with E-state index >= 15 is 0 Å². The van der Waals surface area contributed by atoms with E-state index in [2.05, 4.69) is 20.9 Å². The van der Waals surface area contributed by atoms with Crippen molar-refractivity contribution in [2.24, 2.45) is 0 Å². The van der Waals surface area contributed by atoms with Crippen LogP contribution in [0.5, 0.6) is 5.75 Å². The topological polar surface area (TPSA) is 92.9 Å². The first-order valence-electron chi connectivity index (χ1n) is 8.14. The number of likely N-dealkylation sites (tertiary alicyclic amines) is 1. The molecule has 0 bridgehead atoms. The number of hydrogen-bond acceptors (Lipinski definition) is 4. The van der Waals surface area contributed by atoms with E-state index in [4.69, 9.17) is 4.74 Å². The second kappa shape index (κ2) is 8.10. The number of piperidine rings is 1. The molecule has 1 aromatic carbocycles. The molecular weight excluding hydrogens is 365 g/mol. The Bertz CT molecular complexity index is 702. The number of benzene rings is 1. The minimum absolute atomic E-state index is 0. The first-order chi connectivity index (χ1) is 10.6. The van der Waals surface area contributed by atoms with E-state index in [1.54, 1.807) is 6.33 Å². The molecule has 25 heavy (non-hydrogen) atoms.